The summed E-state index contributed by atoms with van der Waals surface area (Å²) in [5, 5.41) is 9.79. The first kappa shape index (κ1) is 13.4. The summed E-state index contributed by atoms with van der Waals surface area (Å²) in [4.78, 5) is 13.3. The van der Waals surface area contributed by atoms with Gasteiger partial charge in [-0.1, -0.05) is 0 Å². The summed E-state index contributed by atoms with van der Waals surface area (Å²) in [6.45, 7) is -0.249. The summed E-state index contributed by atoms with van der Waals surface area (Å²) in [5.74, 6) is -1.27. The second-order valence-electron chi connectivity index (χ2n) is 3.36. The lowest BCUT2D eigenvalue weighted by molar-refractivity contribution is -0.134. The van der Waals surface area contributed by atoms with E-state index >= 15 is 0 Å². The van der Waals surface area contributed by atoms with Crippen LogP contribution in [0.15, 0.2) is 22.1 Å². The molecule has 0 unspecified atom stereocenters. The second kappa shape index (κ2) is 4.92. The van der Waals surface area contributed by atoms with Crippen molar-refractivity contribution in [2.45, 2.75) is 12.8 Å². The third kappa shape index (κ3) is 3.25. The van der Waals surface area contributed by atoms with Crippen LogP contribution in [0.25, 0.3) is 0 Å². The molecule has 2 aromatic rings. The molecule has 19 heavy (non-hydrogen) atoms. The minimum Gasteiger partial charge on any atom is -0.483 e. The largest absolute Gasteiger partial charge is 0.483 e. The summed E-state index contributed by atoms with van der Waals surface area (Å²) in [7, 11) is 0. The number of carbonyl (C=O) groups is 1. The van der Waals surface area contributed by atoms with Gasteiger partial charge < -0.3 is 14.3 Å². The average molecular weight is 293 g/mol. The maximum absolute atomic E-state index is 12.3. The fourth-order valence-electron chi connectivity index (χ4n) is 1.16. The Labute approximate surface area is 108 Å². The third-order valence-electron chi connectivity index (χ3n) is 1.99. The maximum atomic E-state index is 12.3. The number of aromatic carboxylic acids is 1. The highest BCUT2D eigenvalue weighted by Gasteiger charge is 2.32. The molecule has 0 aliphatic carbocycles. The minimum absolute atomic E-state index is 0.0207. The molecule has 0 atom stereocenters. The van der Waals surface area contributed by atoms with Gasteiger partial charge in [-0.15, -0.1) is 11.3 Å². The Balaban J connectivity index is 1.98. The van der Waals surface area contributed by atoms with Gasteiger partial charge in [-0.2, -0.15) is 13.2 Å². The molecule has 102 valence electrons. The zero-order valence-corrected chi connectivity index (χ0v) is 9.92. The van der Waals surface area contributed by atoms with E-state index in [1.165, 1.54) is 5.38 Å². The molecule has 0 aliphatic rings. The van der Waals surface area contributed by atoms with Gasteiger partial charge in [0.15, 0.2) is 12.3 Å². The SMILES string of the molecule is O=C(O)c1coc(COc2csc(C(F)(F)F)c2)n1. The molecule has 0 fully saturated rings. The van der Waals surface area contributed by atoms with Gasteiger partial charge in [0.1, 0.15) is 16.9 Å². The Kier molecular flexibility index (Phi) is 3.47. The summed E-state index contributed by atoms with van der Waals surface area (Å²) in [6.07, 6.45) is -3.48. The number of hydrogen-bond donors (Lipinski definition) is 1. The lowest BCUT2D eigenvalue weighted by Crippen LogP contribution is -2.01. The number of hydrogen-bond acceptors (Lipinski definition) is 5. The van der Waals surface area contributed by atoms with Crippen molar-refractivity contribution in [1.82, 2.24) is 4.98 Å². The van der Waals surface area contributed by atoms with Crippen LogP contribution in [0.4, 0.5) is 13.2 Å². The molecule has 0 aliphatic heterocycles. The van der Waals surface area contributed by atoms with E-state index in [-0.39, 0.29) is 23.9 Å². The molecule has 2 rings (SSSR count). The Morgan fingerprint density at radius 1 is 1.53 bits per heavy atom. The fraction of sp³-hybridized carbons (Fsp3) is 0.200. The summed E-state index contributed by atoms with van der Waals surface area (Å²) in [6, 6.07) is 0.853. The molecular weight excluding hydrogens is 287 g/mol. The predicted octanol–water partition coefficient (Wildman–Crippen LogP) is 3.03. The molecule has 9 heteroatoms. The Hall–Kier alpha value is -2.03. The van der Waals surface area contributed by atoms with E-state index in [1.807, 2.05) is 0 Å². The molecule has 1 N–H and O–H groups in total. The fourth-order valence-corrected chi connectivity index (χ4v) is 1.86. The maximum Gasteiger partial charge on any atom is 0.425 e. The van der Waals surface area contributed by atoms with Crippen LogP contribution in [0.1, 0.15) is 21.3 Å². The molecule has 5 nitrogen and oxygen atoms in total. The number of nitrogens with zero attached hydrogens (tertiary/aromatic N) is 1. The van der Waals surface area contributed by atoms with Crippen LogP contribution in [-0.4, -0.2) is 16.1 Å². The van der Waals surface area contributed by atoms with Crippen molar-refractivity contribution in [2.24, 2.45) is 0 Å². The first-order valence-corrected chi connectivity index (χ1v) is 5.70. The lowest BCUT2D eigenvalue weighted by atomic mass is 10.4. The molecule has 0 amide bonds. The Morgan fingerprint density at radius 2 is 2.26 bits per heavy atom. The van der Waals surface area contributed by atoms with E-state index in [9.17, 15) is 18.0 Å². The van der Waals surface area contributed by atoms with Gasteiger partial charge in [0.2, 0.25) is 5.89 Å². The van der Waals surface area contributed by atoms with Crippen LogP contribution in [0, 0.1) is 0 Å². The minimum atomic E-state index is -4.41. The van der Waals surface area contributed by atoms with Crippen LogP contribution < -0.4 is 4.74 Å². The highest BCUT2D eigenvalue weighted by molar-refractivity contribution is 7.10. The van der Waals surface area contributed by atoms with Crippen LogP contribution >= 0.6 is 11.3 Å². The van der Waals surface area contributed by atoms with E-state index in [1.54, 1.807) is 0 Å². The van der Waals surface area contributed by atoms with E-state index < -0.39 is 17.0 Å². The summed E-state index contributed by atoms with van der Waals surface area (Å²) in [5.41, 5.74) is -0.292. The predicted molar refractivity (Wildman–Crippen MR) is 57.1 cm³/mol. The van der Waals surface area contributed by atoms with Gasteiger partial charge in [0.05, 0.1) is 0 Å². The molecule has 2 heterocycles. The van der Waals surface area contributed by atoms with Crippen molar-refractivity contribution in [3.05, 3.63) is 34.2 Å². The quantitative estimate of drug-likeness (QED) is 0.938. The van der Waals surface area contributed by atoms with Crippen molar-refractivity contribution >= 4 is 17.3 Å². The molecule has 0 saturated carbocycles. The average Bonchev–Trinajstić information content (AvgIpc) is 2.95. The normalized spacial score (nSPS) is 11.5. The molecule has 0 saturated heterocycles. The van der Waals surface area contributed by atoms with Gasteiger partial charge in [0, 0.05) is 11.4 Å². The van der Waals surface area contributed by atoms with Crippen molar-refractivity contribution in [2.75, 3.05) is 0 Å². The molecule has 0 spiro atoms. The smallest absolute Gasteiger partial charge is 0.425 e. The third-order valence-corrected chi connectivity index (χ3v) is 2.94. The van der Waals surface area contributed by atoms with Gasteiger partial charge in [-0.25, -0.2) is 9.78 Å². The number of halogens is 3. The number of rotatable bonds is 4. The van der Waals surface area contributed by atoms with Crippen LogP contribution in [0.5, 0.6) is 5.75 Å². The number of oxazole rings is 1. The van der Waals surface area contributed by atoms with E-state index in [0.29, 0.717) is 11.3 Å². The van der Waals surface area contributed by atoms with E-state index in [4.69, 9.17) is 14.3 Å². The zero-order chi connectivity index (χ0) is 14.0. The first-order valence-electron chi connectivity index (χ1n) is 4.82. The number of aromatic nitrogens is 1. The van der Waals surface area contributed by atoms with Crippen LogP contribution in [0.3, 0.4) is 0 Å². The number of ether oxygens (including phenoxy) is 1. The molecule has 0 aromatic carbocycles. The zero-order valence-electron chi connectivity index (χ0n) is 9.10. The summed E-state index contributed by atoms with van der Waals surface area (Å²) < 4.78 is 46.8. The van der Waals surface area contributed by atoms with Gasteiger partial charge in [-0.3, -0.25) is 0 Å². The second-order valence-corrected chi connectivity index (χ2v) is 4.28. The van der Waals surface area contributed by atoms with Gasteiger partial charge >= 0.3 is 12.1 Å². The number of carboxylic acids is 1. The Bertz CT molecular complexity index is 590. The monoisotopic (exact) mass is 293 g/mol. The number of carboxylic acid groups (broad SMARTS) is 1. The highest BCUT2D eigenvalue weighted by atomic mass is 32.1. The first-order chi connectivity index (χ1) is 8.86. The van der Waals surface area contributed by atoms with Crippen LogP contribution in [-0.2, 0) is 12.8 Å². The summed E-state index contributed by atoms with van der Waals surface area (Å²) >= 11 is 0.507. The molecular formula is C10H6F3NO4S. The Morgan fingerprint density at radius 3 is 2.79 bits per heavy atom. The number of alkyl halides is 3. The molecule has 0 radical (unpaired) electrons. The van der Waals surface area contributed by atoms with Crippen molar-refractivity contribution < 1.29 is 32.2 Å². The van der Waals surface area contributed by atoms with E-state index in [0.717, 1.165) is 12.3 Å². The van der Waals surface area contributed by atoms with Crippen molar-refractivity contribution in [1.29, 1.82) is 0 Å². The standard InChI is InChI=1S/C10H6F3NO4S/c11-10(12,13)7-1-5(4-19-7)17-3-8-14-6(2-18-8)9(15)16/h1-2,4H,3H2,(H,15,16). The molecule has 2 aromatic heterocycles. The lowest BCUT2D eigenvalue weighted by Gasteiger charge is -2.01. The number of thiophene rings is 1. The topological polar surface area (TPSA) is 72.6 Å². The van der Waals surface area contributed by atoms with Gasteiger partial charge in [-0.05, 0) is 0 Å². The molecule has 0 bridgehead atoms. The van der Waals surface area contributed by atoms with Crippen molar-refractivity contribution in [3.8, 4) is 5.75 Å². The van der Waals surface area contributed by atoms with Crippen molar-refractivity contribution in [3.63, 3.8) is 0 Å². The van der Waals surface area contributed by atoms with E-state index in [2.05, 4.69) is 4.98 Å². The van der Waals surface area contributed by atoms with Gasteiger partial charge in [0.25, 0.3) is 0 Å². The highest BCUT2D eigenvalue weighted by Crippen LogP contribution is 2.36. The van der Waals surface area contributed by atoms with Crippen LogP contribution in [0.2, 0.25) is 0 Å².